The van der Waals surface area contributed by atoms with E-state index in [1.165, 1.54) is 0 Å². The van der Waals surface area contributed by atoms with E-state index in [0.29, 0.717) is 18.9 Å². The lowest BCUT2D eigenvalue weighted by molar-refractivity contribution is -0.122. The minimum atomic E-state index is 0.118. The molecule has 0 aromatic heterocycles. The van der Waals surface area contributed by atoms with E-state index in [4.69, 9.17) is 5.26 Å². The molecule has 3 nitrogen and oxygen atoms in total. The number of hydrogen-bond acceptors (Lipinski definition) is 2. The Labute approximate surface area is 66.4 Å². The Morgan fingerprint density at radius 2 is 2.45 bits per heavy atom. The highest BCUT2D eigenvalue weighted by Crippen LogP contribution is 2.37. The fourth-order valence-electron chi connectivity index (χ4n) is 1.06. The molecular formula is C8H12N2O. The Bertz CT molecular complexity index is 195. The second kappa shape index (κ2) is 3.38. The topological polar surface area (TPSA) is 52.9 Å². The summed E-state index contributed by atoms with van der Waals surface area (Å²) in [5, 5.41) is 10.9. The first-order chi connectivity index (χ1) is 5.25. The van der Waals surface area contributed by atoms with Gasteiger partial charge in [-0.15, -0.1) is 0 Å². The van der Waals surface area contributed by atoms with Gasteiger partial charge >= 0.3 is 0 Å². The molecule has 0 radical (unpaired) electrons. The van der Waals surface area contributed by atoms with Gasteiger partial charge in [-0.3, -0.25) is 4.79 Å². The second-order valence-corrected chi connectivity index (χ2v) is 3.02. The Morgan fingerprint density at radius 3 is 2.91 bits per heavy atom. The van der Waals surface area contributed by atoms with Crippen molar-refractivity contribution >= 4 is 5.91 Å². The Balaban J connectivity index is 2.08. The maximum absolute atomic E-state index is 11.1. The van der Waals surface area contributed by atoms with Crippen LogP contribution in [-0.2, 0) is 4.79 Å². The summed E-state index contributed by atoms with van der Waals surface area (Å²) in [6, 6.07) is 1.98. The molecule has 1 N–H and O–H groups in total. The van der Waals surface area contributed by atoms with Crippen LogP contribution >= 0.6 is 0 Å². The van der Waals surface area contributed by atoms with Crippen LogP contribution < -0.4 is 5.32 Å². The third-order valence-electron chi connectivity index (χ3n) is 1.98. The number of nitriles is 1. The zero-order chi connectivity index (χ0) is 8.27. The number of hydrogen-bond donors (Lipinski definition) is 1. The van der Waals surface area contributed by atoms with Crippen molar-refractivity contribution in [3.8, 4) is 6.07 Å². The lowest BCUT2D eigenvalue weighted by atomic mass is 10.3. The van der Waals surface area contributed by atoms with Gasteiger partial charge in [0.25, 0.3) is 0 Å². The monoisotopic (exact) mass is 152 g/mol. The highest BCUT2D eigenvalue weighted by Gasteiger charge is 2.38. The molecule has 0 aromatic carbocycles. The maximum Gasteiger partial charge on any atom is 0.223 e. The van der Waals surface area contributed by atoms with Crippen LogP contribution in [0.4, 0.5) is 0 Å². The summed E-state index contributed by atoms with van der Waals surface area (Å²) < 4.78 is 0. The highest BCUT2D eigenvalue weighted by molar-refractivity contribution is 5.81. The normalized spacial score (nSPS) is 27.3. The molecule has 2 atom stereocenters. The Hall–Kier alpha value is -1.04. The van der Waals surface area contributed by atoms with E-state index in [2.05, 4.69) is 12.2 Å². The van der Waals surface area contributed by atoms with E-state index in [9.17, 15) is 4.79 Å². The second-order valence-electron chi connectivity index (χ2n) is 3.02. The molecule has 0 bridgehead atoms. The summed E-state index contributed by atoms with van der Waals surface area (Å²) in [7, 11) is 0. The summed E-state index contributed by atoms with van der Waals surface area (Å²) in [4.78, 5) is 11.1. The molecule has 1 amide bonds. The van der Waals surface area contributed by atoms with E-state index in [0.717, 1.165) is 6.42 Å². The summed E-state index contributed by atoms with van der Waals surface area (Å²) >= 11 is 0. The maximum atomic E-state index is 11.1. The predicted molar refractivity (Wildman–Crippen MR) is 40.5 cm³/mol. The largest absolute Gasteiger partial charge is 0.355 e. The number of carbonyl (C=O) groups excluding carboxylic acids is 1. The third-order valence-corrected chi connectivity index (χ3v) is 1.98. The molecule has 1 aliphatic carbocycles. The molecule has 1 saturated carbocycles. The van der Waals surface area contributed by atoms with Crippen LogP contribution in [0.15, 0.2) is 0 Å². The third kappa shape index (κ3) is 2.23. The fourth-order valence-corrected chi connectivity index (χ4v) is 1.06. The number of nitrogens with zero attached hydrogens (tertiary/aromatic N) is 1. The SMILES string of the molecule is C[C@H]1C[C@@H]1C(=O)NCCC#N. The number of carbonyl (C=O) groups is 1. The summed E-state index contributed by atoms with van der Waals surface area (Å²) in [6.45, 7) is 2.56. The van der Waals surface area contributed by atoms with Gasteiger partial charge in [0.05, 0.1) is 12.5 Å². The highest BCUT2D eigenvalue weighted by atomic mass is 16.2. The molecular weight excluding hydrogens is 140 g/mol. The van der Waals surface area contributed by atoms with Crippen LogP contribution in [0, 0.1) is 23.2 Å². The molecule has 11 heavy (non-hydrogen) atoms. The van der Waals surface area contributed by atoms with Gasteiger partial charge in [0.1, 0.15) is 0 Å². The molecule has 0 aliphatic heterocycles. The first-order valence-electron chi connectivity index (χ1n) is 3.90. The van der Waals surface area contributed by atoms with Crippen molar-refractivity contribution in [3.05, 3.63) is 0 Å². The van der Waals surface area contributed by atoms with E-state index in [-0.39, 0.29) is 11.8 Å². The van der Waals surface area contributed by atoms with Gasteiger partial charge in [0.2, 0.25) is 5.91 Å². The smallest absolute Gasteiger partial charge is 0.223 e. The minimum absolute atomic E-state index is 0.118. The van der Waals surface area contributed by atoms with Gasteiger partial charge in [0, 0.05) is 12.5 Å². The number of nitrogens with one attached hydrogen (secondary N) is 1. The first-order valence-corrected chi connectivity index (χ1v) is 3.90. The molecule has 1 aliphatic rings. The van der Waals surface area contributed by atoms with Crippen LogP contribution in [0.5, 0.6) is 0 Å². The molecule has 60 valence electrons. The average Bonchev–Trinajstić information content (AvgIpc) is 2.67. The lowest BCUT2D eigenvalue weighted by Crippen LogP contribution is -2.26. The molecule has 0 spiro atoms. The van der Waals surface area contributed by atoms with E-state index in [1.807, 2.05) is 6.07 Å². The lowest BCUT2D eigenvalue weighted by Gasteiger charge is -1.99. The van der Waals surface area contributed by atoms with Crippen molar-refractivity contribution in [1.29, 1.82) is 5.26 Å². The van der Waals surface area contributed by atoms with Gasteiger partial charge in [-0.1, -0.05) is 6.92 Å². The van der Waals surface area contributed by atoms with Gasteiger partial charge in [-0.05, 0) is 12.3 Å². The molecule has 0 saturated heterocycles. The zero-order valence-electron chi connectivity index (χ0n) is 6.63. The van der Waals surface area contributed by atoms with Crippen LogP contribution in [0.25, 0.3) is 0 Å². The molecule has 1 fully saturated rings. The van der Waals surface area contributed by atoms with Gasteiger partial charge in [-0.25, -0.2) is 0 Å². The summed E-state index contributed by atoms with van der Waals surface area (Å²) in [5.41, 5.74) is 0. The van der Waals surface area contributed by atoms with E-state index in [1.54, 1.807) is 0 Å². The van der Waals surface area contributed by atoms with Crippen LogP contribution in [-0.4, -0.2) is 12.5 Å². The Kier molecular flexibility index (Phi) is 2.48. The molecule has 0 heterocycles. The van der Waals surface area contributed by atoms with Crippen molar-refractivity contribution in [2.45, 2.75) is 19.8 Å². The molecule has 1 rings (SSSR count). The quantitative estimate of drug-likeness (QED) is 0.604. The van der Waals surface area contributed by atoms with Crippen molar-refractivity contribution in [1.82, 2.24) is 5.32 Å². The van der Waals surface area contributed by atoms with Gasteiger partial charge < -0.3 is 5.32 Å². The zero-order valence-corrected chi connectivity index (χ0v) is 6.63. The molecule has 0 unspecified atom stereocenters. The van der Waals surface area contributed by atoms with Crippen molar-refractivity contribution in [2.75, 3.05) is 6.54 Å². The summed E-state index contributed by atoms with van der Waals surface area (Å²) in [5.74, 6) is 0.901. The first kappa shape index (κ1) is 8.06. The predicted octanol–water partition coefficient (Wildman–Crippen LogP) is 0.672. The van der Waals surface area contributed by atoms with Crippen molar-refractivity contribution in [2.24, 2.45) is 11.8 Å². The van der Waals surface area contributed by atoms with E-state index < -0.39 is 0 Å². The van der Waals surface area contributed by atoms with Crippen molar-refractivity contribution in [3.63, 3.8) is 0 Å². The van der Waals surface area contributed by atoms with Crippen LogP contribution in [0.1, 0.15) is 19.8 Å². The van der Waals surface area contributed by atoms with Gasteiger partial charge in [0.15, 0.2) is 0 Å². The van der Waals surface area contributed by atoms with Gasteiger partial charge in [-0.2, -0.15) is 5.26 Å². The van der Waals surface area contributed by atoms with Crippen molar-refractivity contribution < 1.29 is 4.79 Å². The molecule has 3 heteroatoms. The van der Waals surface area contributed by atoms with Crippen LogP contribution in [0.3, 0.4) is 0 Å². The minimum Gasteiger partial charge on any atom is -0.355 e. The average molecular weight is 152 g/mol. The molecule has 0 aromatic rings. The van der Waals surface area contributed by atoms with Crippen LogP contribution in [0.2, 0.25) is 0 Å². The number of amides is 1. The van der Waals surface area contributed by atoms with E-state index >= 15 is 0 Å². The standard InChI is InChI=1S/C8H12N2O/c1-6-5-7(6)8(11)10-4-2-3-9/h6-7H,2,4-5H2,1H3,(H,10,11)/t6-,7-/m0/s1. The Morgan fingerprint density at radius 1 is 1.82 bits per heavy atom. The number of rotatable bonds is 3. The fraction of sp³-hybridized carbons (Fsp3) is 0.750. The summed E-state index contributed by atoms with van der Waals surface area (Å²) in [6.07, 6.45) is 1.42.